The van der Waals surface area contributed by atoms with E-state index in [4.69, 9.17) is 4.74 Å². The monoisotopic (exact) mass is 409 g/mol. The van der Waals surface area contributed by atoms with Gasteiger partial charge in [0.15, 0.2) is 6.61 Å². The molecule has 2 N–H and O–H groups in total. The number of carbonyl (C=O) groups is 4. The van der Waals surface area contributed by atoms with Crippen LogP contribution in [0.3, 0.4) is 0 Å². The lowest BCUT2D eigenvalue weighted by Gasteiger charge is -2.33. The number of imide groups is 1. The van der Waals surface area contributed by atoms with Gasteiger partial charge in [0.2, 0.25) is 0 Å². The van der Waals surface area contributed by atoms with Crippen molar-refractivity contribution in [3.63, 3.8) is 0 Å². The molecule has 4 amide bonds. The fraction of sp³-hybridized carbons (Fsp3) is 0.364. The number of nitrogens with one attached hydrogen (secondary N) is 2. The maximum absolute atomic E-state index is 12.7. The molecule has 2 aromatic carbocycles. The average molecular weight is 409 g/mol. The highest BCUT2D eigenvalue weighted by Crippen LogP contribution is 2.35. The van der Waals surface area contributed by atoms with Crippen LogP contribution < -0.4 is 10.7 Å². The van der Waals surface area contributed by atoms with Gasteiger partial charge < -0.3 is 10.1 Å². The molecular formula is C22H23N3O5. The molecule has 0 aromatic heterocycles. The minimum atomic E-state index is -0.946. The molecule has 156 valence electrons. The Morgan fingerprint density at radius 3 is 2.57 bits per heavy atom. The molecule has 2 aromatic rings. The number of hydrogen-bond acceptors (Lipinski definition) is 5. The van der Waals surface area contributed by atoms with Crippen LogP contribution in [0.1, 0.15) is 43.0 Å². The Labute approximate surface area is 173 Å². The van der Waals surface area contributed by atoms with Crippen LogP contribution in [0.5, 0.6) is 0 Å². The summed E-state index contributed by atoms with van der Waals surface area (Å²) in [5.74, 6) is -1.38. The summed E-state index contributed by atoms with van der Waals surface area (Å²) < 4.78 is 5.05. The highest BCUT2D eigenvalue weighted by Gasteiger charge is 2.52. The van der Waals surface area contributed by atoms with Crippen LogP contribution in [0.4, 0.5) is 4.79 Å². The van der Waals surface area contributed by atoms with Crippen molar-refractivity contribution < 1.29 is 23.9 Å². The van der Waals surface area contributed by atoms with Crippen molar-refractivity contribution in [1.82, 2.24) is 15.8 Å². The van der Waals surface area contributed by atoms with Gasteiger partial charge in [0.25, 0.3) is 11.8 Å². The summed E-state index contributed by atoms with van der Waals surface area (Å²) >= 11 is 0. The number of urea groups is 1. The van der Waals surface area contributed by atoms with Gasteiger partial charge in [-0.25, -0.2) is 9.59 Å². The van der Waals surface area contributed by atoms with E-state index in [9.17, 15) is 19.2 Å². The van der Waals surface area contributed by atoms with Gasteiger partial charge in [0, 0.05) is 0 Å². The standard InChI is InChI=1S/C22H23N3O5/c1-14-8-10-22(11-9-14)20(28)25(21(29)23-22)24-18(26)13-30-19(27)17-7-6-15-4-2-3-5-16(15)12-17/h2-7,12,14H,8-11,13H2,1H3,(H,23,29)(H,24,26). The summed E-state index contributed by atoms with van der Waals surface area (Å²) in [4.78, 5) is 49.4. The predicted molar refractivity (Wildman–Crippen MR) is 108 cm³/mol. The second-order valence-electron chi connectivity index (χ2n) is 8.01. The van der Waals surface area contributed by atoms with E-state index in [1.165, 1.54) is 0 Å². The van der Waals surface area contributed by atoms with Crippen LogP contribution in [-0.2, 0) is 14.3 Å². The molecule has 30 heavy (non-hydrogen) atoms. The number of benzene rings is 2. The molecule has 1 spiro atoms. The van der Waals surface area contributed by atoms with Crippen molar-refractivity contribution in [2.75, 3.05) is 6.61 Å². The third-order valence-electron chi connectivity index (χ3n) is 5.85. The Morgan fingerprint density at radius 1 is 1.13 bits per heavy atom. The van der Waals surface area contributed by atoms with Gasteiger partial charge in [-0.2, -0.15) is 5.01 Å². The van der Waals surface area contributed by atoms with Crippen LogP contribution in [-0.4, -0.2) is 41.0 Å². The zero-order valence-corrected chi connectivity index (χ0v) is 16.6. The molecular weight excluding hydrogens is 386 g/mol. The maximum atomic E-state index is 12.7. The van der Waals surface area contributed by atoms with Crippen LogP contribution in [0.2, 0.25) is 0 Å². The Morgan fingerprint density at radius 2 is 1.83 bits per heavy atom. The fourth-order valence-corrected chi connectivity index (χ4v) is 4.00. The maximum Gasteiger partial charge on any atom is 0.344 e. The highest BCUT2D eigenvalue weighted by atomic mass is 16.5. The second kappa shape index (κ2) is 7.78. The van der Waals surface area contributed by atoms with Gasteiger partial charge in [-0.15, -0.1) is 0 Å². The van der Waals surface area contributed by atoms with E-state index in [2.05, 4.69) is 17.7 Å². The predicted octanol–water partition coefficient (Wildman–Crippen LogP) is 2.53. The largest absolute Gasteiger partial charge is 0.452 e. The van der Waals surface area contributed by atoms with Crippen molar-refractivity contribution in [3.8, 4) is 0 Å². The second-order valence-corrected chi connectivity index (χ2v) is 8.01. The minimum Gasteiger partial charge on any atom is -0.452 e. The molecule has 1 heterocycles. The third kappa shape index (κ3) is 3.72. The van der Waals surface area contributed by atoms with Gasteiger partial charge in [0.05, 0.1) is 5.56 Å². The smallest absolute Gasteiger partial charge is 0.344 e. The summed E-state index contributed by atoms with van der Waals surface area (Å²) in [5.41, 5.74) is 1.62. The van der Waals surface area contributed by atoms with Gasteiger partial charge in [0.1, 0.15) is 5.54 Å². The molecule has 0 unspecified atom stereocenters. The molecule has 2 aliphatic rings. The first-order valence-corrected chi connectivity index (χ1v) is 10.0. The Bertz CT molecular complexity index is 1030. The van der Waals surface area contributed by atoms with E-state index in [1.807, 2.05) is 24.3 Å². The SMILES string of the molecule is CC1CCC2(CC1)NC(=O)N(NC(=O)COC(=O)c1ccc3ccccc3c1)C2=O. The van der Waals surface area contributed by atoms with Crippen LogP contribution in [0, 0.1) is 5.92 Å². The number of amides is 4. The third-order valence-corrected chi connectivity index (χ3v) is 5.85. The first-order chi connectivity index (χ1) is 14.4. The number of nitrogens with zero attached hydrogens (tertiary/aromatic N) is 1. The lowest BCUT2D eigenvalue weighted by atomic mass is 9.77. The number of carbonyl (C=O) groups excluding carboxylic acids is 4. The lowest BCUT2D eigenvalue weighted by Crippen LogP contribution is -2.52. The summed E-state index contributed by atoms with van der Waals surface area (Å²) in [6.07, 6.45) is 2.75. The summed E-state index contributed by atoms with van der Waals surface area (Å²) in [6, 6.07) is 12.0. The van der Waals surface area contributed by atoms with Crippen molar-refractivity contribution in [3.05, 3.63) is 48.0 Å². The molecule has 8 heteroatoms. The van der Waals surface area contributed by atoms with Gasteiger partial charge in [-0.05, 0) is 54.5 Å². The Balaban J connectivity index is 1.34. The fourth-order valence-electron chi connectivity index (χ4n) is 4.00. The Hall–Kier alpha value is -3.42. The number of rotatable bonds is 4. The molecule has 1 saturated heterocycles. The molecule has 8 nitrogen and oxygen atoms in total. The number of ether oxygens (including phenoxy) is 1. The molecule has 0 radical (unpaired) electrons. The zero-order valence-electron chi connectivity index (χ0n) is 16.6. The minimum absolute atomic E-state index is 0.312. The van der Waals surface area contributed by atoms with E-state index in [-0.39, 0.29) is 0 Å². The molecule has 1 aliphatic heterocycles. The molecule has 1 aliphatic carbocycles. The van der Waals surface area contributed by atoms with Crippen LogP contribution >= 0.6 is 0 Å². The van der Waals surface area contributed by atoms with E-state index < -0.39 is 36.0 Å². The lowest BCUT2D eigenvalue weighted by molar-refractivity contribution is -0.141. The number of hydrazine groups is 1. The Kier molecular flexibility index (Phi) is 5.15. The van der Waals surface area contributed by atoms with Gasteiger partial charge in [-0.1, -0.05) is 37.3 Å². The topological polar surface area (TPSA) is 105 Å². The average Bonchev–Trinajstić information content (AvgIpc) is 2.98. The van der Waals surface area contributed by atoms with E-state index in [0.717, 1.165) is 23.6 Å². The van der Waals surface area contributed by atoms with Crippen molar-refractivity contribution in [2.24, 2.45) is 5.92 Å². The van der Waals surface area contributed by atoms with Crippen LogP contribution in [0.25, 0.3) is 10.8 Å². The zero-order chi connectivity index (χ0) is 21.3. The van der Waals surface area contributed by atoms with Gasteiger partial charge in [-0.3, -0.25) is 15.0 Å². The molecule has 0 bridgehead atoms. The first kappa shape index (κ1) is 19.9. The molecule has 2 fully saturated rings. The summed E-state index contributed by atoms with van der Waals surface area (Å²) in [5, 5.41) is 5.27. The van der Waals surface area contributed by atoms with Crippen molar-refractivity contribution in [2.45, 2.75) is 38.1 Å². The molecule has 0 atom stereocenters. The molecule has 4 rings (SSSR count). The van der Waals surface area contributed by atoms with Gasteiger partial charge >= 0.3 is 12.0 Å². The van der Waals surface area contributed by atoms with E-state index >= 15 is 0 Å². The summed E-state index contributed by atoms with van der Waals surface area (Å²) in [7, 11) is 0. The number of esters is 1. The van der Waals surface area contributed by atoms with Crippen molar-refractivity contribution in [1.29, 1.82) is 0 Å². The highest BCUT2D eigenvalue weighted by molar-refractivity contribution is 6.08. The van der Waals surface area contributed by atoms with E-state index in [1.54, 1.807) is 18.2 Å². The number of fused-ring (bicyclic) bond motifs is 1. The van der Waals surface area contributed by atoms with E-state index in [0.29, 0.717) is 29.3 Å². The number of hydrogen-bond donors (Lipinski definition) is 2. The van der Waals surface area contributed by atoms with Crippen LogP contribution in [0.15, 0.2) is 42.5 Å². The summed E-state index contributed by atoms with van der Waals surface area (Å²) in [6.45, 7) is 1.50. The molecule has 1 saturated carbocycles. The van der Waals surface area contributed by atoms with Crippen molar-refractivity contribution >= 4 is 34.6 Å². The quantitative estimate of drug-likeness (QED) is 0.596. The normalized spacial score (nSPS) is 23.5. The first-order valence-electron chi connectivity index (χ1n) is 10.0.